The van der Waals surface area contributed by atoms with Gasteiger partial charge in [0.05, 0.1) is 12.6 Å². The molecule has 2 rings (SSSR count). The summed E-state index contributed by atoms with van der Waals surface area (Å²) in [6.07, 6.45) is -1.03. The predicted molar refractivity (Wildman–Crippen MR) is 73.2 cm³/mol. The van der Waals surface area contributed by atoms with Crippen molar-refractivity contribution in [3.63, 3.8) is 0 Å². The topological polar surface area (TPSA) is 50.4 Å². The predicted octanol–water partition coefficient (Wildman–Crippen LogP) is 2.33. The van der Waals surface area contributed by atoms with Crippen LogP contribution in [0.25, 0.3) is 0 Å². The van der Waals surface area contributed by atoms with Crippen molar-refractivity contribution < 1.29 is 18.3 Å². The van der Waals surface area contributed by atoms with Gasteiger partial charge in [-0.3, -0.25) is 0 Å². The second-order valence-electron chi connectivity index (χ2n) is 4.59. The summed E-state index contributed by atoms with van der Waals surface area (Å²) in [5.41, 5.74) is 0.852. The molecule has 0 bridgehead atoms. The van der Waals surface area contributed by atoms with E-state index in [4.69, 9.17) is 4.74 Å². The number of alkyl carbamates (subject to hydrolysis) is 1. The van der Waals surface area contributed by atoms with Gasteiger partial charge in [0, 0.05) is 13.0 Å². The van der Waals surface area contributed by atoms with Crippen LogP contribution in [-0.4, -0.2) is 31.1 Å². The van der Waals surface area contributed by atoms with E-state index in [1.54, 1.807) is 0 Å². The number of amides is 1. The van der Waals surface area contributed by atoms with Gasteiger partial charge in [0.25, 0.3) is 5.92 Å². The minimum absolute atomic E-state index is 0. The van der Waals surface area contributed by atoms with Gasteiger partial charge in [-0.1, -0.05) is 30.3 Å². The van der Waals surface area contributed by atoms with E-state index in [1.807, 2.05) is 30.3 Å². The molecule has 1 atom stereocenters. The first kappa shape index (κ1) is 16.7. The largest absolute Gasteiger partial charge is 0.445 e. The Morgan fingerprint density at radius 2 is 2.10 bits per heavy atom. The summed E-state index contributed by atoms with van der Waals surface area (Å²) >= 11 is 0. The molecule has 0 aliphatic carbocycles. The van der Waals surface area contributed by atoms with E-state index < -0.39 is 18.1 Å². The maximum atomic E-state index is 13.1. The average molecular weight is 307 g/mol. The standard InChI is InChI=1S/C13H16F2N2O2.ClH/c14-13(15)6-11(7-16-9-13)17-12(18)19-8-10-4-2-1-3-5-10;/h1-5,11,16H,6-9H2,(H,17,18);1H. The third-order valence-electron chi connectivity index (χ3n) is 2.85. The minimum atomic E-state index is -2.78. The van der Waals surface area contributed by atoms with Crippen molar-refractivity contribution >= 4 is 18.5 Å². The summed E-state index contributed by atoms with van der Waals surface area (Å²) in [7, 11) is 0. The molecule has 7 heteroatoms. The molecule has 1 aliphatic rings. The van der Waals surface area contributed by atoms with Crippen LogP contribution in [0.5, 0.6) is 0 Å². The molecule has 0 spiro atoms. The molecule has 1 amide bonds. The van der Waals surface area contributed by atoms with Crippen LogP contribution < -0.4 is 10.6 Å². The lowest BCUT2D eigenvalue weighted by atomic mass is 10.0. The zero-order valence-corrected chi connectivity index (χ0v) is 11.6. The van der Waals surface area contributed by atoms with Crippen molar-refractivity contribution in [3.05, 3.63) is 35.9 Å². The summed E-state index contributed by atoms with van der Waals surface area (Å²) < 4.78 is 31.2. The monoisotopic (exact) mass is 306 g/mol. The molecule has 1 saturated heterocycles. The van der Waals surface area contributed by atoms with Gasteiger partial charge in [-0.15, -0.1) is 12.4 Å². The Morgan fingerprint density at radius 1 is 1.40 bits per heavy atom. The first-order valence-electron chi connectivity index (χ1n) is 6.11. The van der Waals surface area contributed by atoms with Crippen LogP contribution in [0.1, 0.15) is 12.0 Å². The molecule has 1 aromatic rings. The van der Waals surface area contributed by atoms with Crippen LogP contribution >= 0.6 is 12.4 Å². The Bertz CT molecular complexity index is 432. The molecular weight excluding hydrogens is 290 g/mol. The molecule has 0 radical (unpaired) electrons. The number of hydrogen-bond donors (Lipinski definition) is 2. The summed E-state index contributed by atoms with van der Waals surface area (Å²) in [5.74, 6) is -2.78. The Labute approximate surface area is 122 Å². The van der Waals surface area contributed by atoms with Gasteiger partial charge in [0.15, 0.2) is 0 Å². The van der Waals surface area contributed by atoms with Crippen LogP contribution in [0.2, 0.25) is 0 Å². The Morgan fingerprint density at radius 3 is 2.75 bits per heavy atom. The Hall–Kier alpha value is -1.40. The maximum absolute atomic E-state index is 13.1. The third-order valence-corrected chi connectivity index (χ3v) is 2.85. The normalized spacial score (nSPS) is 20.6. The van der Waals surface area contributed by atoms with Crippen molar-refractivity contribution in [1.29, 1.82) is 0 Å². The number of halogens is 3. The molecule has 20 heavy (non-hydrogen) atoms. The highest BCUT2D eigenvalue weighted by molar-refractivity contribution is 5.85. The first-order chi connectivity index (χ1) is 9.05. The maximum Gasteiger partial charge on any atom is 0.407 e. The molecule has 2 N–H and O–H groups in total. The van der Waals surface area contributed by atoms with Gasteiger partial charge in [0.1, 0.15) is 6.61 Å². The SMILES string of the molecule is Cl.O=C(NC1CNCC(F)(F)C1)OCc1ccccc1. The van der Waals surface area contributed by atoms with E-state index in [0.717, 1.165) is 5.56 Å². The van der Waals surface area contributed by atoms with Crippen LogP contribution in [0.3, 0.4) is 0 Å². The molecule has 4 nitrogen and oxygen atoms in total. The fraction of sp³-hybridized carbons (Fsp3) is 0.462. The van der Waals surface area contributed by atoms with Crippen molar-refractivity contribution in [3.8, 4) is 0 Å². The average Bonchev–Trinajstić information content (AvgIpc) is 2.36. The van der Waals surface area contributed by atoms with Gasteiger partial charge in [0.2, 0.25) is 0 Å². The fourth-order valence-electron chi connectivity index (χ4n) is 1.97. The molecule has 0 saturated carbocycles. The summed E-state index contributed by atoms with van der Waals surface area (Å²) in [5, 5.41) is 5.03. The number of benzene rings is 1. The second-order valence-corrected chi connectivity index (χ2v) is 4.59. The van der Waals surface area contributed by atoms with Gasteiger partial charge < -0.3 is 15.4 Å². The molecule has 1 unspecified atom stereocenters. The number of ether oxygens (including phenoxy) is 1. The Kier molecular flexibility index (Phi) is 6.16. The molecule has 0 aromatic heterocycles. The third kappa shape index (κ3) is 5.30. The highest BCUT2D eigenvalue weighted by atomic mass is 35.5. The lowest BCUT2D eigenvalue weighted by Gasteiger charge is -2.29. The summed E-state index contributed by atoms with van der Waals surface area (Å²) in [4.78, 5) is 11.5. The minimum Gasteiger partial charge on any atom is -0.445 e. The highest BCUT2D eigenvalue weighted by Crippen LogP contribution is 2.22. The number of carbonyl (C=O) groups is 1. The number of hydrogen-bond acceptors (Lipinski definition) is 3. The quantitative estimate of drug-likeness (QED) is 0.901. The zero-order valence-electron chi connectivity index (χ0n) is 10.8. The number of rotatable bonds is 3. The van der Waals surface area contributed by atoms with Crippen molar-refractivity contribution in [2.24, 2.45) is 0 Å². The van der Waals surface area contributed by atoms with Crippen molar-refractivity contribution in [1.82, 2.24) is 10.6 Å². The summed E-state index contributed by atoms with van der Waals surface area (Å²) in [6.45, 7) is 0.115. The summed E-state index contributed by atoms with van der Waals surface area (Å²) in [6, 6.07) is 8.57. The Balaban J connectivity index is 0.00000200. The number of piperidine rings is 1. The van der Waals surface area contributed by atoms with Crippen molar-refractivity contribution in [2.75, 3.05) is 13.1 Å². The van der Waals surface area contributed by atoms with Gasteiger partial charge >= 0.3 is 6.09 Å². The number of nitrogens with one attached hydrogen (secondary N) is 2. The van der Waals surface area contributed by atoms with Gasteiger partial charge in [-0.25, -0.2) is 13.6 Å². The molecule has 1 aromatic carbocycles. The van der Waals surface area contributed by atoms with Gasteiger partial charge in [-0.2, -0.15) is 0 Å². The smallest absolute Gasteiger partial charge is 0.407 e. The van der Waals surface area contributed by atoms with Crippen molar-refractivity contribution in [2.45, 2.75) is 25.0 Å². The lowest BCUT2D eigenvalue weighted by molar-refractivity contribution is -0.0308. The van der Waals surface area contributed by atoms with E-state index in [2.05, 4.69) is 10.6 Å². The van der Waals surface area contributed by atoms with E-state index in [9.17, 15) is 13.6 Å². The van der Waals surface area contributed by atoms with E-state index in [-0.39, 0.29) is 32.0 Å². The van der Waals surface area contributed by atoms with Crippen LogP contribution in [0.15, 0.2) is 30.3 Å². The lowest BCUT2D eigenvalue weighted by Crippen LogP contribution is -2.53. The number of carbonyl (C=O) groups excluding carboxylic acids is 1. The number of alkyl halides is 2. The van der Waals surface area contributed by atoms with Crippen LogP contribution in [-0.2, 0) is 11.3 Å². The van der Waals surface area contributed by atoms with E-state index in [0.29, 0.717) is 6.54 Å². The van der Waals surface area contributed by atoms with E-state index >= 15 is 0 Å². The van der Waals surface area contributed by atoms with Crippen LogP contribution in [0, 0.1) is 0 Å². The molecule has 112 valence electrons. The van der Waals surface area contributed by atoms with Gasteiger partial charge in [-0.05, 0) is 5.56 Å². The molecule has 1 aliphatic heterocycles. The highest BCUT2D eigenvalue weighted by Gasteiger charge is 2.36. The molecular formula is C13H17ClF2N2O2. The fourth-order valence-corrected chi connectivity index (χ4v) is 1.97. The first-order valence-corrected chi connectivity index (χ1v) is 6.11. The molecule has 1 fully saturated rings. The zero-order chi connectivity index (χ0) is 13.7. The van der Waals surface area contributed by atoms with Crippen LogP contribution in [0.4, 0.5) is 13.6 Å². The second kappa shape index (κ2) is 7.40. The van der Waals surface area contributed by atoms with E-state index in [1.165, 1.54) is 0 Å². The molecule has 1 heterocycles.